The van der Waals surface area contributed by atoms with Gasteiger partial charge in [0.15, 0.2) is 0 Å². The smallest absolute Gasteiger partial charge is 0.246 e. The summed E-state index contributed by atoms with van der Waals surface area (Å²) in [4.78, 5) is 43.1. The third-order valence-corrected chi connectivity index (χ3v) is 8.41. The zero-order valence-electron chi connectivity index (χ0n) is 25.8. The van der Waals surface area contributed by atoms with Gasteiger partial charge in [-0.2, -0.15) is 0 Å². The molecule has 2 aromatic carbocycles. The highest BCUT2D eigenvalue weighted by molar-refractivity contribution is 5.93. The van der Waals surface area contributed by atoms with Crippen LogP contribution in [0.25, 0.3) is 0 Å². The maximum Gasteiger partial charge on any atom is 0.246 e. The van der Waals surface area contributed by atoms with Crippen molar-refractivity contribution in [3.8, 4) is 5.75 Å². The van der Waals surface area contributed by atoms with Crippen LogP contribution in [0.2, 0.25) is 0 Å². The highest BCUT2D eigenvalue weighted by atomic mass is 16.5. The number of nitrogens with one attached hydrogen (secondary N) is 2. The molecule has 0 saturated heterocycles. The molecule has 0 radical (unpaired) electrons. The molecule has 7 nitrogen and oxygen atoms in total. The van der Waals surface area contributed by atoms with Crippen LogP contribution in [-0.4, -0.2) is 40.8 Å². The van der Waals surface area contributed by atoms with Crippen molar-refractivity contribution in [2.75, 3.05) is 0 Å². The SMILES string of the molecule is CC[C@@H](C)C(=O)N[C@H](C(=O)N1Cc2cc(OC(C)C)ccc2CC1C(=O)NC1CCCc2ccccc21)C(C)(C)C. The summed E-state index contributed by atoms with van der Waals surface area (Å²) in [7, 11) is 0. The number of carbonyl (C=O) groups excluding carboxylic acids is 3. The van der Waals surface area contributed by atoms with E-state index in [4.69, 9.17) is 4.74 Å². The number of nitrogens with zero attached hydrogens (tertiary/aromatic N) is 1. The van der Waals surface area contributed by atoms with Gasteiger partial charge >= 0.3 is 0 Å². The van der Waals surface area contributed by atoms with Gasteiger partial charge in [0, 0.05) is 18.9 Å². The zero-order chi connectivity index (χ0) is 29.9. The van der Waals surface area contributed by atoms with Gasteiger partial charge in [-0.3, -0.25) is 14.4 Å². The number of rotatable bonds is 8. The minimum absolute atomic E-state index is 0.0207. The molecule has 4 atom stereocenters. The van der Waals surface area contributed by atoms with E-state index in [-0.39, 0.29) is 42.3 Å². The van der Waals surface area contributed by atoms with Crippen molar-refractivity contribution in [3.63, 3.8) is 0 Å². The zero-order valence-corrected chi connectivity index (χ0v) is 25.8. The average Bonchev–Trinajstić information content (AvgIpc) is 2.93. The van der Waals surface area contributed by atoms with E-state index in [1.165, 1.54) is 5.56 Å². The van der Waals surface area contributed by atoms with Crippen molar-refractivity contribution in [2.45, 2.75) is 111 Å². The first-order chi connectivity index (χ1) is 19.4. The first-order valence-electron chi connectivity index (χ1n) is 15.2. The molecule has 2 N–H and O–H groups in total. The second kappa shape index (κ2) is 12.7. The number of carbonyl (C=O) groups is 3. The maximum atomic E-state index is 14.4. The van der Waals surface area contributed by atoms with Gasteiger partial charge in [0.05, 0.1) is 12.1 Å². The minimum Gasteiger partial charge on any atom is -0.491 e. The Hall–Kier alpha value is -3.35. The number of hydrogen-bond acceptors (Lipinski definition) is 4. The molecule has 1 aliphatic heterocycles. The molecule has 2 aromatic rings. The van der Waals surface area contributed by atoms with Crippen molar-refractivity contribution >= 4 is 17.7 Å². The molecule has 41 heavy (non-hydrogen) atoms. The third-order valence-electron chi connectivity index (χ3n) is 8.41. The van der Waals surface area contributed by atoms with Crippen LogP contribution in [0.4, 0.5) is 0 Å². The van der Waals surface area contributed by atoms with Crippen molar-refractivity contribution in [3.05, 3.63) is 64.7 Å². The van der Waals surface area contributed by atoms with Crippen molar-refractivity contribution in [2.24, 2.45) is 11.3 Å². The predicted octanol–water partition coefficient (Wildman–Crippen LogP) is 5.50. The summed E-state index contributed by atoms with van der Waals surface area (Å²) in [5.41, 5.74) is 3.87. The van der Waals surface area contributed by atoms with Gasteiger partial charge in [-0.15, -0.1) is 0 Å². The summed E-state index contributed by atoms with van der Waals surface area (Å²) in [5.74, 6) is -0.0137. The van der Waals surface area contributed by atoms with Crippen molar-refractivity contribution in [1.82, 2.24) is 15.5 Å². The highest BCUT2D eigenvalue weighted by Gasteiger charge is 2.43. The van der Waals surface area contributed by atoms with Crippen LogP contribution >= 0.6 is 0 Å². The molecule has 2 unspecified atom stereocenters. The van der Waals surface area contributed by atoms with E-state index in [9.17, 15) is 14.4 Å². The molecule has 0 fully saturated rings. The number of benzene rings is 2. The van der Waals surface area contributed by atoms with E-state index in [0.717, 1.165) is 41.7 Å². The fraction of sp³-hybridized carbons (Fsp3) is 0.559. The number of aryl methyl sites for hydroxylation is 1. The van der Waals surface area contributed by atoms with Gasteiger partial charge in [-0.1, -0.05) is 65.0 Å². The summed E-state index contributed by atoms with van der Waals surface area (Å²) in [6.07, 6.45) is 3.98. The molecule has 2 aliphatic rings. The maximum absolute atomic E-state index is 14.4. The Balaban J connectivity index is 1.67. The van der Waals surface area contributed by atoms with E-state index in [1.54, 1.807) is 4.90 Å². The van der Waals surface area contributed by atoms with E-state index in [0.29, 0.717) is 12.8 Å². The average molecular weight is 562 g/mol. The number of ether oxygens (including phenoxy) is 1. The van der Waals surface area contributed by atoms with Crippen LogP contribution in [0.1, 0.15) is 96.0 Å². The molecule has 7 heteroatoms. The van der Waals surface area contributed by atoms with Crippen LogP contribution < -0.4 is 15.4 Å². The lowest BCUT2D eigenvalue weighted by molar-refractivity contribution is -0.147. The van der Waals surface area contributed by atoms with E-state index >= 15 is 0 Å². The van der Waals surface area contributed by atoms with Gasteiger partial charge in [0.1, 0.15) is 17.8 Å². The molecular formula is C34H47N3O4. The topological polar surface area (TPSA) is 87.7 Å². The van der Waals surface area contributed by atoms with Gasteiger partial charge in [0.25, 0.3) is 0 Å². The second-order valence-corrected chi connectivity index (χ2v) is 13.1. The Morgan fingerprint density at radius 2 is 1.76 bits per heavy atom. The predicted molar refractivity (Wildman–Crippen MR) is 161 cm³/mol. The van der Waals surface area contributed by atoms with E-state index < -0.39 is 17.5 Å². The molecule has 0 aromatic heterocycles. The Labute approximate surface area is 245 Å². The molecule has 1 heterocycles. The van der Waals surface area contributed by atoms with Gasteiger partial charge in [-0.25, -0.2) is 0 Å². The second-order valence-electron chi connectivity index (χ2n) is 13.1. The van der Waals surface area contributed by atoms with Crippen LogP contribution in [0.3, 0.4) is 0 Å². The van der Waals surface area contributed by atoms with Crippen molar-refractivity contribution < 1.29 is 19.1 Å². The Kier molecular flexibility index (Phi) is 9.45. The molecule has 4 rings (SSSR count). The van der Waals surface area contributed by atoms with Gasteiger partial charge in [-0.05, 0) is 79.3 Å². The molecule has 0 saturated carbocycles. The summed E-state index contributed by atoms with van der Waals surface area (Å²) < 4.78 is 5.94. The summed E-state index contributed by atoms with van der Waals surface area (Å²) in [6.45, 7) is 13.9. The van der Waals surface area contributed by atoms with Gasteiger partial charge < -0.3 is 20.3 Å². The normalized spacial score (nSPS) is 20.0. The van der Waals surface area contributed by atoms with E-state index in [2.05, 4.69) is 22.8 Å². The lowest BCUT2D eigenvalue weighted by Crippen LogP contribution is -2.61. The number of amides is 3. The fourth-order valence-electron chi connectivity index (χ4n) is 5.83. The lowest BCUT2D eigenvalue weighted by Gasteiger charge is -2.42. The Morgan fingerprint density at radius 3 is 2.44 bits per heavy atom. The summed E-state index contributed by atoms with van der Waals surface area (Å²) in [6, 6.07) is 12.7. The highest BCUT2D eigenvalue weighted by Crippen LogP contribution is 2.33. The molecule has 0 spiro atoms. The van der Waals surface area contributed by atoms with Crippen LogP contribution in [-0.2, 0) is 33.8 Å². The minimum atomic E-state index is -0.772. The summed E-state index contributed by atoms with van der Waals surface area (Å²) >= 11 is 0. The molecule has 1 aliphatic carbocycles. The third kappa shape index (κ3) is 7.11. The molecule has 3 amide bonds. The van der Waals surface area contributed by atoms with Crippen LogP contribution in [0, 0.1) is 11.3 Å². The molecule has 0 bridgehead atoms. The van der Waals surface area contributed by atoms with Crippen LogP contribution in [0.5, 0.6) is 5.75 Å². The summed E-state index contributed by atoms with van der Waals surface area (Å²) in [5, 5.41) is 6.33. The molecular weight excluding hydrogens is 514 g/mol. The van der Waals surface area contributed by atoms with E-state index in [1.807, 2.05) is 78.8 Å². The molecule has 222 valence electrons. The first-order valence-corrected chi connectivity index (χ1v) is 15.2. The lowest BCUT2D eigenvalue weighted by atomic mass is 9.83. The number of hydrogen-bond donors (Lipinski definition) is 2. The number of fused-ring (bicyclic) bond motifs is 2. The quantitative estimate of drug-likeness (QED) is 0.446. The standard InChI is InChI=1S/C34H47N3O4/c1-8-22(4)31(38)36-30(34(5,6)7)33(40)37-20-25-18-26(41-21(2)3)17-16-24(25)19-29(37)32(39)35-28-15-11-13-23-12-9-10-14-27(23)28/h9-10,12,14,16-18,21-22,28-30H,8,11,13,15,19-20H2,1-7H3,(H,35,39)(H,36,38)/t22-,28?,29?,30-/m1/s1. The van der Waals surface area contributed by atoms with Crippen molar-refractivity contribution in [1.29, 1.82) is 0 Å². The Bertz CT molecular complexity index is 1260. The monoisotopic (exact) mass is 561 g/mol. The Morgan fingerprint density at radius 1 is 1.02 bits per heavy atom. The van der Waals surface area contributed by atoms with Gasteiger partial charge in [0.2, 0.25) is 17.7 Å². The fourth-order valence-corrected chi connectivity index (χ4v) is 5.83. The van der Waals surface area contributed by atoms with Crippen LogP contribution in [0.15, 0.2) is 42.5 Å². The largest absolute Gasteiger partial charge is 0.491 e. The first kappa shape index (κ1) is 30.6.